The summed E-state index contributed by atoms with van der Waals surface area (Å²) in [6.45, 7) is 0. The molecule has 0 aliphatic heterocycles. The molecule has 1 aromatic heterocycles. The summed E-state index contributed by atoms with van der Waals surface area (Å²) in [6.07, 6.45) is 2.11. The molecule has 0 amide bonds. The van der Waals surface area contributed by atoms with Gasteiger partial charge in [-0.15, -0.1) is 0 Å². The Hall–Kier alpha value is -1.19. The van der Waals surface area contributed by atoms with Crippen LogP contribution in [0.4, 0.5) is 0 Å². The molecule has 0 bridgehead atoms. The average Bonchev–Trinajstić information content (AvgIpc) is 2.76. The molecule has 2 aromatic carbocycles. The highest BCUT2D eigenvalue weighted by Crippen LogP contribution is 2.27. The van der Waals surface area contributed by atoms with Crippen LogP contribution in [0.3, 0.4) is 0 Å². The second kappa shape index (κ2) is 4.59. The summed E-state index contributed by atoms with van der Waals surface area (Å²) < 4.78 is 3.30. The lowest BCUT2D eigenvalue weighted by Gasteiger charge is -2.04. The molecule has 0 saturated heterocycles. The number of nitrogens with zero attached hydrogens (tertiary/aromatic N) is 1. The number of fused-ring (bicyclic) bond motifs is 1. The van der Waals surface area contributed by atoms with Crippen LogP contribution in [0.5, 0.6) is 0 Å². The van der Waals surface area contributed by atoms with Crippen molar-refractivity contribution in [3.8, 4) is 0 Å². The number of benzene rings is 2. The fraction of sp³-hybridized carbons (Fsp3) is 0. The Morgan fingerprint density at radius 1 is 0.882 bits per heavy atom. The van der Waals surface area contributed by atoms with Crippen molar-refractivity contribution in [3.05, 3.63) is 65.3 Å². The highest BCUT2D eigenvalue weighted by atomic mass is 79.9. The summed E-state index contributed by atoms with van der Waals surface area (Å²) >= 11 is 5.18. The lowest BCUT2D eigenvalue weighted by Crippen LogP contribution is -1.83. The molecule has 3 rings (SSSR count). The molecule has 0 atom stereocenters. The number of halogens is 1. The van der Waals surface area contributed by atoms with Gasteiger partial charge < -0.3 is 0 Å². The van der Waals surface area contributed by atoms with Crippen molar-refractivity contribution >= 4 is 38.8 Å². The second-order valence-electron chi connectivity index (χ2n) is 3.75. The Morgan fingerprint density at radius 3 is 2.47 bits per heavy atom. The fourth-order valence-electron chi connectivity index (χ4n) is 1.75. The largest absolute Gasteiger partial charge is 0.287 e. The number of hydrogen-bond donors (Lipinski definition) is 0. The van der Waals surface area contributed by atoms with Crippen molar-refractivity contribution < 1.29 is 0 Å². The molecule has 0 aliphatic carbocycles. The van der Waals surface area contributed by atoms with E-state index >= 15 is 0 Å². The first-order chi connectivity index (χ1) is 8.33. The van der Waals surface area contributed by atoms with Gasteiger partial charge in [-0.05, 0) is 48.3 Å². The van der Waals surface area contributed by atoms with E-state index in [1.807, 2.05) is 0 Å². The third kappa shape index (κ3) is 2.26. The zero-order valence-electron chi connectivity index (χ0n) is 9.01. The van der Waals surface area contributed by atoms with Gasteiger partial charge in [0, 0.05) is 21.0 Å². The summed E-state index contributed by atoms with van der Waals surface area (Å²) in [5.74, 6) is 0. The molecule has 0 spiro atoms. The van der Waals surface area contributed by atoms with Gasteiger partial charge >= 0.3 is 0 Å². The van der Waals surface area contributed by atoms with E-state index in [4.69, 9.17) is 0 Å². The van der Waals surface area contributed by atoms with Crippen molar-refractivity contribution in [2.75, 3.05) is 0 Å². The first-order valence-electron chi connectivity index (χ1n) is 5.33. The molecule has 84 valence electrons. The van der Waals surface area contributed by atoms with Crippen LogP contribution < -0.4 is 0 Å². The van der Waals surface area contributed by atoms with Crippen molar-refractivity contribution in [3.63, 3.8) is 0 Å². The minimum absolute atomic E-state index is 1.11. The van der Waals surface area contributed by atoms with Gasteiger partial charge in [0.15, 0.2) is 0 Å². The number of aromatic nitrogens is 1. The first kappa shape index (κ1) is 10.9. The molecule has 0 fully saturated rings. The van der Waals surface area contributed by atoms with Crippen LogP contribution in [0.2, 0.25) is 0 Å². The van der Waals surface area contributed by atoms with Crippen LogP contribution >= 0.6 is 27.9 Å². The van der Waals surface area contributed by atoms with Gasteiger partial charge in [-0.3, -0.25) is 3.97 Å². The number of rotatable bonds is 2. The Labute approximate surface area is 113 Å². The summed E-state index contributed by atoms with van der Waals surface area (Å²) in [4.78, 5) is 1.23. The van der Waals surface area contributed by atoms with E-state index in [9.17, 15) is 0 Å². The fourth-order valence-corrected chi connectivity index (χ4v) is 2.88. The van der Waals surface area contributed by atoms with Gasteiger partial charge in [-0.2, -0.15) is 0 Å². The van der Waals surface area contributed by atoms with Gasteiger partial charge in [0.25, 0.3) is 0 Å². The topological polar surface area (TPSA) is 4.93 Å². The summed E-state index contributed by atoms with van der Waals surface area (Å²) in [5, 5.41) is 1.28. The highest BCUT2D eigenvalue weighted by Gasteiger charge is 2.01. The maximum atomic E-state index is 3.45. The molecule has 0 saturated carbocycles. The van der Waals surface area contributed by atoms with E-state index < -0.39 is 0 Å². The average molecular weight is 304 g/mol. The van der Waals surface area contributed by atoms with E-state index in [1.54, 1.807) is 11.9 Å². The molecule has 17 heavy (non-hydrogen) atoms. The molecular weight excluding hydrogens is 294 g/mol. The SMILES string of the molecule is Brc1ccc(Sn2ccc3ccccc32)cc1. The van der Waals surface area contributed by atoms with Crippen LogP contribution in [0.1, 0.15) is 0 Å². The Balaban J connectivity index is 1.97. The van der Waals surface area contributed by atoms with Crippen molar-refractivity contribution in [1.29, 1.82) is 0 Å². The zero-order chi connectivity index (χ0) is 11.7. The van der Waals surface area contributed by atoms with Crippen molar-refractivity contribution in [2.45, 2.75) is 4.90 Å². The molecule has 0 unspecified atom stereocenters. The maximum absolute atomic E-state index is 3.45. The van der Waals surface area contributed by atoms with Crippen LogP contribution in [-0.2, 0) is 0 Å². The normalized spacial score (nSPS) is 10.9. The van der Waals surface area contributed by atoms with E-state index in [2.05, 4.69) is 80.7 Å². The van der Waals surface area contributed by atoms with Crippen LogP contribution in [0.15, 0.2) is 70.2 Å². The molecule has 0 aliphatic rings. The molecular formula is C14H10BrNS. The van der Waals surface area contributed by atoms with Crippen molar-refractivity contribution in [2.24, 2.45) is 0 Å². The minimum atomic E-state index is 1.11. The van der Waals surface area contributed by atoms with Gasteiger partial charge in [0.1, 0.15) is 0 Å². The lowest BCUT2D eigenvalue weighted by molar-refractivity contribution is 1.31. The summed E-state index contributed by atoms with van der Waals surface area (Å²) in [7, 11) is 0. The van der Waals surface area contributed by atoms with Crippen LogP contribution in [0.25, 0.3) is 10.9 Å². The van der Waals surface area contributed by atoms with E-state index in [-0.39, 0.29) is 0 Å². The molecule has 3 aromatic rings. The molecule has 1 nitrogen and oxygen atoms in total. The number of para-hydroxylation sites is 1. The van der Waals surface area contributed by atoms with Gasteiger partial charge in [0.2, 0.25) is 0 Å². The molecule has 0 radical (unpaired) electrons. The molecule has 3 heteroatoms. The van der Waals surface area contributed by atoms with Gasteiger partial charge in [0.05, 0.1) is 5.52 Å². The summed E-state index contributed by atoms with van der Waals surface area (Å²) in [5.41, 5.74) is 1.25. The third-order valence-corrected chi connectivity index (χ3v) is 4.11. The zero-order valence-corrected chi connectivity index (χ0v) is 11.4. The first-order valence-corrected chi connectivity index (χ1v) is 6.89. The Morgan fingerprint density at radius 2 is 1.65 bits per heavy atom. The minimum Gasteiger partial charge on any atom is -0.287 e. The monoisotopic (exact) mass is 303 g/mol. The quantitative estimate of drug-likeness (QED) is 0.648. The second-order valence-corrected chi connectivity index (χ2v) is 5.71. The van der Waals surface area contributed by atoms with Gasteiger partial charge in [-0.25, -0.2) is 0 Å². The standard InChI is InChI=1S/C14H10BrNS/c15-12-5-7-13(8-6-12)17-16-10-9-11-3-1-2-4-14(11)16/h1-10H. The third-order valence-electron chi connectivity index (χ3n) is 2.58. The molecule has 0 N–H and O–H groups in total. The van der Waals surface area contributed by atoms with Gasteiger partial charge in [-0.1, -0.05) is 34.1 Å². The van der Waals surface area contributed by atoms with Crippen LogP contribution in [0, 0.1) is 0 Å². The Kier molecular flexibility index (Phi) is 2.95. The van der Waals surface area contributed by atoms with E-state index in [1.165, 1.54) is 15.8 Å². The van der Waals surface area contributed by atoms with Crippen LogP contribution in [-0.4, -0.2) is 3.97 Å². The predicted molar refractivity (Wildman–Crippen MR) is 77.3 cm³/mol. The maximum Gasteiger partial charge on any atom is 0.0594 e. The van der Waals surface area contributed by atoms with E-state index in [0.717, 1.165) is 4.47 Å². The summed E-state index contributed by atoms with van der Waals surface area (Å²) in [6, 6.07) is 18.9. The predicted octanol–water partition coefficient (Wildman–Crippen LogP) is 4.96. The Bertz CT molecular complexity index is 643. The molecule has 1 heterocycles. The number of hydrogen-bond acceptors (Lipinski definition) is 1. The highest BCUT2D eigenvalue weighted by molar-refractivity contribution is 9.10. The van der Waals surface area contributed by atoms with Crippen molar-refractivity contribution in [1.82, 2.24) is 3.97 Å². The lowest BCUT2D eigenvalue weighted by atomic mass is 10.3. The smallest absolute Gasteiger partial charge is 0.0594 e. The van der Waals surface area contributed by atoms with E-state index in [0.29, 0.717) is 0 Å².